The number of nitrogens with one attached hydrogen (secondary N) is 2. The SMILES string of the molecule is CCNC(=NCc1ncc(C)s1)NCCc1ccccc1Cl. The molecule has 0 unspecified atom stereocenters. The van der Waals surface area contributed by atoms with E-state index in [1.54, 1.807) is 11.3 Å². The van der Waals surface area contributed by atoms with Crippen LogP contribution in [0.4, 0.5) is 0 Å². The van der Waals surface area contributed by atoms with Crippen molar-refractivity contribution in [1.29, 1.82) is 0 Å². The van der Waals surface area contributed by atoms with Crippen molar-refractivity contribution in [2.75, 3.05) is 13.1 Å². The topological polar surface area (TPSA) is 49.3 Å². The van der Waals surface area contributed by atoms with Crippen molar-refractivity contribution in [1.82, 2.24) is 15.6 Å². The van der Waals surface area contributed by atoms with Gasteiger partial charge >= 0.3 is 0 Å². The molecule has 0 aliphatic carbocycles. The first kappa shape index (κ1) is 16.8. The van der Waals surface area contributed by atoms with E-state index < -0.39 is 0 Å². The number of nitrogens with zero attached hydrogens (tertiary/aromatic N) is 2. The van der Waals surface area contributed by atoms with Crippen LogP contribution in [0.5, 0.6) is 0 Å². The summed E-state index contributed by atoms with van der Waals surface area (Å²) in [6, 6.07) is 7.92. The molecule has 0 bridgehead atoms. The number of aryl methyl sites for hydroxylation is 1. The number of aliphatic imine (C=N–C) groups is 1. The minimum absolute atomic E-state index is 0.597. The van der Waals surface area contributed by atoms with Crippen LogP contribution in [0.25, 0.3) is 0 Å². The lowest BCUT2D eigenvalue weighted by molar-refractivity contribution is 0.799. The lowest BCUT2D eigenvalue weighted by Gasteiger charge is -2.11. The van der Waals surface area contributed by atoms with E-state index in [1.165, 1.54) is 4.88 Å². The molecule has 0 aliphatic rings. The monoisotopic (exact) mass is 336 g/mol. The van der Waals surface area contributed by atoms with Gasteiger partial charge in [-0.2, -0.15) is 0 Å². The maximum atomic E-state index is 6.16. The van der Waals surface area contributed by atoms with Gasteiger partial charge in [-0.15, -0.1) is 11.3 Å². The van der Waals surface area contributed by atoms with E-state index in [1.807, 2.05) is 30.5 Å². The molecule has 1 aromatic carbocycles. The van der Waals surface area contributed by atoms with Crippen LogP contribution in [0.1, 0.15) is 22.4 Å². The van der Waals surface area contributed by atoms with Crippen LogP contribution >= 0.6 is 22.9 Å². The van der Waals surface area contributed by atoms with Crippen molar-refractivity contribution in [3.8, 4) is 0 Å². The molecule has 4 nitrogen and oxygen atoms in total. The van der Waals surface area contributed by atoms with Gasteiger partial charge in [0.15, 0.2) is 5.96 Å². The number of halogens is 1. The molecule has 0 radical (unpaired) electrons. The second-order valence-electron chi connectivity index (χ2n) is 4.83. The Morgan fingerprint density at radius 1 is 1.32 bits per heavy atom. The minimum atomic E-state index is 0.597. The molecule has 2 aromatic rings. The first-order chi connectivity index (χ1) is 10.7. The number of guanidine groups is 1. The van der Waals surface area contributed by atoms with Crippen LogP contribution in [-0.2, 0) is 13.0 Å². The quantitative estimate of drug-likeness (QED) is 0.628. The predicted octanol–water partition coefficient (Wildman–Crippen LogP) is 3.40. The molecule has 1 heterocycles. The standard InChI is InChI=1S/C16H21ClN4S/c1-3-18-16(21-11-15-20-10-12(2)22-15)19-9-8-13-6-4-5-7-14(13)17/h4-7,10H,3,8-9,11H2,1-2H3,(H2,18,19,21). The van der Waals surface area contributed by atoms with Gasteiger partial charge in [-0.05, 0) is 31.9 Å². The first-order valence-electron chi connectivity index (χ1n) is 7.36. The third-order valence-electron chi connectivity index (χ3n) is 3.03. The van der Waals surface area contributed by atoms with E-state index in [4.69, 9.17) is 11.6 Å². The maximum Gasteiger partial charge on any atom is 0.191 e. The van der Waals surface area contributed by atoms with Crippen LogP contribution < -0.4 is 10.6 Å². The molecule has 0 atom stereocenters. The summed E-state index contributed by atoms with van der Waals surface area (Å²) >= 11 is 7.84. The summed E-state index contributed by atoms with van der Waals surface area (Å²) in [4.78, 5) is 10.1. The minimum Gasteiger partial charge on any atom is -0.357 e. The molecular weight excluding hydrogens is 316 g/mol. The average Bonchev–Trinajstić information content (AvgIpc) is 2.92. The lowest BCUT2D eigenvalue weighted by Crippen LogP contribution is -2.38. The number of benzene rings is 1. The zero-order valence-electron chi connectivity index (χ0n) is 12.9. The molecule has 0 saturated heterocycles. The zero-order valence-corrected chi connectivity index (χ0v) is 14.5. The summed E-state index contributed by atoms with van der Waals surface area (Å²) in [6.07, 6.45) is 2.74. The zero-order chi connectivity index (χ0) is 15.8. The lowest BCUT2D eigenvalue weighted by atomic mass is 10.1. The van der Waals surface area contributed by atoms with E-state index in [0.29, 0.717) is 6.54 Å². The fourth-order valence-corrected chi connectivity index (χ4v) is 2.92. The number of rotatable bonds is 6. The fraction of sp³-hybridized carbons (Fsp3) is 0.375. The Labute approximate surface area is 140 Å². The van der Waals surface area contributed by atoms with Crippen molar-refractivity contribution in [3.05, 3.63) is 50.9 Å². The molecule has 1 aromatic heterocycles. The van der Waals surface area contributed by atoms with Gasteiger partial charge in [-0.3, -0.25) is 0 Å². The Hall–Kier alpha value is -1.59. The second-order valence-corrected chi connectivity index (χ2v) is 6.55. The van der Waals surface area contributed by atoms with E-state index in [0.717, 1.165) is 41.1 Å². The van der Waals surface area contributed by atoms with Gasteiger partial charge < -0.3 is 10.6 Å². The van der Waals surface area contributed by atoms with Gasteiger partial charge in [0.05, 0.1) is 6.54 Å². The van der Waals surface area contributed by atoms with Crippen LogP contribution in [0, 0.1) is 6.92 Å². The highest BCUT2D eigenvalue weighted by molar-refractivity contribution is 7.11. The van der Waals surface area contributed by atoms with Crippen molar-refractivity contribution in [3.63, 3.8) is 0 Å². The van der Waals surface area contributed by atoms with Gasteiger partial charge in [-0.25, -0.2) is 9.98 Å². The van der Waals surface area contributed by atoms with Crippen LogP contribution in [-0.4, -0.2) is 24.0 Å². The maximum absolute atomic E-state index is 6.16. The number of aromatic nitrogens is 1. The summed E-state index contributed by atoms with van der Waals surface area (Å²) in [6.45, 7) is 6.32. The van der Waals surface area contributed by atoms with Crippen molar-refractivity contribution < 1.29 is 0 Å². The van der Waals surface area contributed by atoms with Gasteiger partial charge in [0.1, 0.15) is 5.01 Å². The van der Waals surface area contributed by atoms with Gasteiger partial charge in [0, 0.05) is 29.2 Å². The molecule has 0 amide bonds. The van der Waals surface area contributed by atoms with E-state index in [9.17, 15) is 0 Å². The molecule has 118 valence electrons. The Bertz CT molecular complexity index is 624. The number of hydrogen-bond acceptors (Lipinski definition) is 3. The van der Waals surface area contributed by atoms with E-state index >= 15 is 0 Å². The van der Waals surface area contributed by atoms with Gasteiger partial charge in [-0.1, -0.05) is 29.8 Å². The van der Waals surface area contributed by atoms with Crippen LogP contribution in [0.15, 0.2) is 35.5 Å². The van der Waals surface area contributed by atoms with Crippen molar-refractivity contribution in [2.45, 2.75) is 26.8 Å². The highest BCUT2D eigenvalue weighted by Crippen LogP contribution is 2.15. The molecular formula is C16H21ClN4S. The summed E-state index contributed by atoms with van der Waals surface area (Å²) in [7, 11) is 0. The Morgan fingerprint density at radius 2 is 2.14 bits per heavy atom. The normalized spacial score (nSPS) is 11.5. The molecule has 2 N–H and O–H groups in total. The second kappa shape index (κ2) is 8.76. The summed E-state index contributed by atoms with van der Waals surface area (Å²) in [5, 5.41) is 8.41. The molecule has 6 heteroatoms. The third-order valence-corrected chi connectivity index (χ3v) is 4.30. The third kappa shape index (κ3) is 5.31. The Kier molecular flexibility index (Phi) is 6.68. The van der Waals surface area contributed by atoms with Gasteiger partial charge in [0.25, 0.3) is 0 Å². The Morgan fingerprint density at radius 3 is 2.82 bits per heavy atom. The fourth-order valence-electron chi connectivity index (χ4n) is 1.98. The summed E-state index contributed by atoms with van der Waals surface area (Å²) < 4.78 is 0. The average molecular weight is 337 g/mol. The first-order valence-corrected chi connectivity index (χ1v) is 8.55. The molecule has 0 spiro atoms. The molecule has 22 heavy (non-hydrogen) atoms. The smallest absolute Gasteiger partial charge is 0.191 e. The highest BCUT2D eigenvalue weighted by Gasteiger charge is 2.02. The molecule has 2 rings (SSSR count). The summed E-state index contributed by atoms with van der Waals surface area (Å²) in [5.41, 5.74) is 1.14. The summed E-state index contributed by atoms with van der Waals surface area (Å²) in [5.74, 6) is 0.808. The van der Waals surface area contributed by atoms with Crippen LogP contribution in [0.2, 0.25) is 5.02 Å². The largest absolute Gasteiger partial charge is 0.357 e. The van der Waals surface area contributed by atoms with Crippen molar-refractivity contribution in [2.24, 2.45) is 4.99 Å². The number of thiazole rings is 1. The van der Waals surface area contributed by atoms with Crippen molar-refractivity contribution >= 4 is 28.9 Å². The molecule has 0 fully saturated rings. The highest BCUT2D eigenvalue weighted by atomic mass is 35.5. The van der Waals surface area contributed by atoms with Gasteiger partial charge in [0.2, 0.25) is 0 Å². The van der Waals surface area contributed by atoms with Crippen LogP contribution in [0.3, 0.4) is 0 Å². The van der Waals surface area contributed by atoms with E-state index in [-0.39, 0.29) is 0 Å². The Balaban J connectivity index is 1.87. The van der Waals surface area contributed by atoms with E-state index in [2.05, 4.69) is 34.5 Å². The molecule has 0 saturated carbocycles. The number of hydrogen-bond donors (Lipinski definition) is 2. The predicted molar refractivity (Wildman–Crippen MR) is 94.8 cm³/mol. The molecule has 0 aliphatic heterocycles.